The first kappa shape index (κ1) is 13.7. The summed E-state index contributed by atoms with van der Waals surface area (Å²) >= 11 is 6.10. The molecule has 0 spiro atoms. The van der Waals surface area contributed by atoms with Gasteiger partial charge in [-0.2, -0.15) is 0 Å². The summed E-state index contributed by atoms with van der Waals surface area (Å²) in [4.78, 5) is 4.06. The maximum Gasteiger partial charge on any atom is 0.119 e. The lowest BCUT2D eigenvalue weighted by Crippen LogP contribution is -2.07. The standard InChI is InChI=1S/C15H17ClN2O/c1-3-19-13-6-4-12(5-7-13)11(2)18-15-10-17-9-8-14(15)16/h4-11,18H,3H2,1-2H3. The van der Waals surface area contributed by atoms with Crippen molar-refractivity contribution in [1.29, 1.82) is 0 Å². The maximum atomic E-state index is 6.10. The summed E-state index contributed by atoms with van der Waals surface area (Å²) in [5, 5.41) is 4.02. The zero-order valence-electron chi connectivity index (χ0n) is 11.1. The van der Waals surface area contributed by atoms with Gasteiger partial charge in [-0.05, 0) is 37.6 Å². The molecule has 1 N–H and O–H groups in total. The van der Waals surface area contributed by atoms with E-state index in [0.717, 1.165) is 11.4 Å². The highest BCUT2D eigenvalue weighted by Crippen LogP contribution is 2.25. The van der Waals surface area contributed by atoms with Gasteiger partial charge in [0.05, 0.1) is 23.5 Å². The Balaban J connectivity index is 2.07. The van der Waals surface area contributed by atoms with Gasteiger partial charge in [-0.1, -0.05) is 23.7 Å². The van der Waals surface area contributed by atoms with Crippen molar-refractivity contribution in [2.24, 2.45) is 0 Å². The van der Waals surface area contributed by atoms with Crippen LogP contribution in [0, 0.1) is 0 Å². The molecule has 100 valence electrons. The molecule has 0 aliphatic heterocycles. The summed E-state index contributed by atoms with van der Waals surface area (Å²) in [6.45, 7) is 4.74. The van der Waals surface area contributed by atoms with Crippen LogP contribution in [-0.4, -0.2) is 11.6 Å². The molecule has 0 fully saturated rings. The van der Waals surface area contributed by atoms with Crippen molar-refractivity contribution in [2.75, 3.05) is 11.9 Å². The molecular formula is C15H17ClN2O. The highest BCUT2D eigenvalue weighted by molar-refractivity contribution is 6.33. The smallest absolute Gasteiger partial charge is 0.119 e. The van der Waals surface area contributed by atoms with Crippen LogP contribution in [0.5, 0.6) is 5.75 Å². The van der Waals surface area contributed by atoms with Crippen LogP contribution in [0.15, 0.2) is 42.7 Å². The first-order valence-electron chi connectivity index (χ1n) is 6.29. The summed E-state index contributed by atoms with van der Waals surface area (Å²) < 4.78 is 5.43. The second-order valence-corrected chi connectivity index (χ2v) is 4.63. The molecule has 3 nitrogen and oxygen atoms in total. The van der Waals surface area contributed by atoms with E-state index in [2.05, 4.69) is 17.2 Å². The molecule has 0 aliphatic carbocycles. The van der Waals surface area contributed by atoms with Gasteiger partial charge in [0.1, 0.15) is 5.75 Å². The average Bonchev–Trinajstić information content (AvgIpc) is 2.42. The van der Waals surface area contributed by atoms with Crippen LogP contribution in [0.2, 0.25) is 5.02 Å². The second-order valence-electron chi connectivity index (χ2n) is 4.22. The fourth-order valence-corrected chi connectivity index (χ4v) is 1.98. The molecule has 0 aliphatic rings. The molecule has 0 saturated carbocycles. The van der Waals surface area contributed by atoms with Crippen LogP contribution < -0.4 is 10.1 Å². The highest BCUT2D eigenvalue weighted by atomic mass is 35.5. The third-order valence-electron chi connectivity index (χ3n) is 2.83. The molecule has 2 rings (SSSR count). The first-order chi connectivity index (χ1) is 9.20. The average molecular weight is 277 g/mol. The molecule has 2 aromatic rings. The van der Waals surface area contributed by atoms with E-state index in [1.165, 1.54) is 5.56 Å². The molecular weight excluding hydrogens is 260 g/mol. The Labute approximate surface area is 118 Å². The normalized spacial score (nSPS) is 11.9. The number of hydrogen-bond acceptors (Lipinski definition) is 3. The molecule has 1 heterocycles. The van der Waals surface area contributed by atoms with Gasteiger partial charge in [-0.25, -0.2) is 0 Å². The number of anilines is 1. The number of halogens is 1. The second kappa shape index (κ2) is 6.43. The Hall–Kier alpha value is -1.74. The monoisotopic (exact) mass is 276 g/mol. The minimum absolute atomic E-state index is 0.150. The third-order valence-corrected chi connectivity index (χ3v) is 3.16. The van der Waals surface area contributed by atoms with Crippen LogP contribution in [0.1, 0.15) is 25.5 Å². The Kier molecular flexibility index (Phi) is 4.63. The zero-order chi connectivity index (χ0) is 13.7. The Morgan fingerprint density at radius 2 is 2.00 bits per heavy atom. The first-order valence-corrected chi connectivity index (χ1v) is 6.67. The fraction of sp³-hybridized carbons (Fsp3) is 0.267. The van der Waals surface area contributed by atoms with Gasteiger partial charge >= 0.3 is 0 Å². The van der Waals surface area contributed by atoms with Gasteiger partial charge in [0.25, 0.3) is 0 Å². The Bertz CT molecular complexity index is 528. The minimum atomic E-state index is 0.150. The largest absolute Gasteiger partial charge is 0.494 e. The van der Waals surface area contributed by atoms with Crippen molar-refractivity contribution in [3.63, 3.8) is 0 Å². The summed E-state index contributed by atoms with van der Waals surface area (Å²) in [7, 11) is 0. The van der Waals surface area contributed by atoms with E-state index in [4.69, 9.17) is 16.3 Å². The SMILES string of the molecule is CCOc1ccc(C(C)Nc2cnccc2Cl)cc1. The van der Waals surface area contributed by atoms with Crippen molar-refractivity contribution in [3.8, 4) is 5.75 Å². The number of nitrogens with one attached hydrogen (secondary N) is 1. The molecule has 1 unspecified atom stereocenters. The van der Waals surface area contributed by atoms with Crippen molar-refractivity contribution in [2.45, 2.75) is 19.9 Å². The molecule has 0 radical (unpaired) electrons. The molecule has 4 heteroatoms. The van der Waals surface area contributed by atoms with Crippen molar-refractivity contribution in [1.82, 2.24) is 4.98 Å². The van der Waals surface area contributed by atoms with Gasteiger partial charge < -0.3 is 10.1 Å². The lowest BCUT2D eigenvalue weighted by molar-refractivity contribution is 0.340. The van der Waals surface area contributed by atoms with E-state index in [-0.39, 0.29) is 6.04 Å². The zero-order valence-corrected chi connectivity index (χ0v) is 11.8. The van der Waals surface area contributed by atoms with Crippen LogP contribution in [0.3, 0.4) is 0 Å². The molecule has 0 saturated heterocycles. The van der Waals surface area contributed by atoms with E-state index in [1.54, 1.807) is 18.5 Å². The summed E-state index contributed by atoms with van der Waals surface area (Å²) in [6, 6.07) is 9.97. The summed E-state index contributed by atoms with van der Waals surface area (Å²) in [5.74, 6) is 0.887. The van der Waals surface area contributed by atoms with E-state index in [1.807, 2.05) is 31.2 Å². The molecule has 1 aromatic carbocycles. The van der Waals surface area contributed by atoms with Crippen LogP contribution >= 0.6 is 11.6 Å². The molecule has 19 heavy (non-hydrogen) atoms. The van der Waals surface area contributed by atoms with Gasteiger partial charge in [0.2, 0.25) is 0 Å². The van der Waals surface area contributed by atoms with Crippen molar-refractivity contribution >= 4 is 17.3 Å². The maximum absolute atomic E-state index is 6.10. The predicted octanol–water partition coefficient (Wildman–Crippen LogP) is 4.31. The summed E-state index contributed by atoms with van der Waals surface area (Å²) in [5.41, 5.74) is 2.01. The lowest BCUT2D eigenvalue weighted by atomic mass is 10.1. The van der Waals surface area contributed by atoms with Crippen LogP contribution in [0.4, 0.5) is 5.69 Å². The predicted molar refractivity (Wildman–Crippen MR) is 78.9 cm³/mol. The molecule has 1 atom stereocenters. The number of rotatable bonds is 5. The highest BCUT2D eigenvalue weighted by Gasteiger charge is 2.07. The van der Waals surface area contributed by atoms with E-state index < -0.39 is 0 Å². The topological polar surface area (TPSA) is 34.1 Å². The molecule has 1 aromatic heterocycles. The van der Waals surface area contributed by atoms with Crippen molar-refractivity contribution in [3.05, 3.63) is 53.3 Å². The molecule has 0 amide bonds. The fourth-order valence-electron chi connectivity index (χ4n) is 1.82. The lowest BCUT2D eigenvalue weighted by Gasteiger charge is -2.16. The van der Waals surface area contributed by atoms with Gasteiger partial charge in [-0.15, -0.1) is 0 Å². The number of ether oxygens (including phenoxy) is 1. The number of benzene rings is 1. The van der Waals surface area contributed by atoms with E-state index in [9.17, 15) is 0 Å². The van der Waals surface area contributed by atoms with Crippen molar-refractivity contribution < 1.29 is 4.74 Å². The van der Waals surface area contributed by atoms with Gasteiger partial charge in [-0.3, -0.25) is 4.98 Å². The number of pyridine rings is 1. The minimum Gasteiger partial charge on any atom is -0.494 e. The third kappa shape index (κ3) is 3.61. The number of nitrogens with zero attached hydrogens (tertiary/aromatic N) is 1. The van der Waals surface area contributed by atoms with Crippen LogP contribution in [-0.2, 0) is 0 Å². The number of aromatic nitrogens is 1. The summed E-state index contributed by atoms with van der Waals surface area (Å²) in [6.07, 6.45) is 3.41. The van der Waals surface area contributed by atoms with E-state index in [0.29, 0.717) is 11.6 Å². The quantitative estimate of drug-likeness (QED) is 0.884. The Morgan fingerprint density at radius 1 is 1.26 bits per heavy atom. The Morgan fingerprint density at radius 3 is 2.63 bits per heavy atom. The molecule has 0 bridgehead atoms. The van der Waals surface area contributed by atoms with E-state index >= 15 is 0 Å². The van der Waals surface area contributed by atoms with Gasteiger partial charge in [0, 0.05) is 12.2 Å². The number of hydrogen-bond donors (Lipinski definition) is 1. The van der Waals surface area contributed by atoms with Crippen LogP contribution in [0.25, 0.3) is 0 Å². The van der Waals surface area contributed by atoms with Gasteiger partial charge in [0.15, 0.2) is 0 Å².